The molecule has 0 spiro atoms. The van der Waals surface area contributed by atoms with E-state index in [2.05, 4.69) is 21.2 Å². The SMILES string of the molecule is COc1cc(C=CC(=O)NC2(c3ccc(Br)cc3)CCOCC2)ccc1OCC(N)=O. The van der Waals surface area contributed by atoms with Crippen LogP contribution in [-0.2, 0) is 19.9 Å². The number of rotatable bonds is 8. The smallest absolute Gasteiger partial charge is 0.255 e. The monoisotopic (exact) mass is 488 g/mol. The third-order valence-electron chi connectivity index (χ3n) is 5.09. The van der Waals surface area contributed by atoms with E-state index in [1.165, 1.54) is 13.2 Å². The zero-order valence-electron chi connectivity index (χ0n) is 17.2. The number of benzene rings is 2. The summed E-state index contributed by atoms with van der Waals surface area (Å²) in [6.45, 7) is 0.934. The summed E-state index contributed by atoms with van der Waals surface area (Å²) < 4.78 is 17.1. The molecule has 0 aromatic heterocycles. The van der Waals surface area contributed by atoms with Gasteiger partial charge in [0, 0.05) is 23.8 Å². The van der Waals surface area contributed by atoms with Gasteiger partial charge in [-0.1, -0.05) is 34.1 Å². The second-order valence-corrected chi connectivity index (χ2v) is 8.10. The molecule has 1 saturated heterocycles. The van der Waals surface area contributed by atoms with E-state index in [0.717, 1.165) is 15.6 Å². The Bertz CT molecular complexity index is 953. The number of amides is 2. The first-order chi connectivity index (χ1) is 14.9. The Morgan fingerprint density at radius 1 is 1.16 bits per heavy atom. The normalized spacial score (nSPS) is 15.4. The average molecular weight is 489 g/mol. The molecule has 0 atom stereocenters. The number of halogens is 1. The summed E-state index contributed by atoms with van der Waals surface area (Å²) in [5, 5.41) is 3.18. The van der Waals surface area contributed by atoms with Crippen molar-refractivity contribution in [2.45, 2.75) is 18.4 Å². The standard InChI is InChI=1S/C23H25BrN2O5/c1-29-20-14-16(2-8-19(20)31-15-21(25)27)3-9-22(28)26-23(10-12-30-13-11-23)17-4-6-18(24)7-5-17/h2-9,14H,10-13,15H2,1H3,(H2,25,27)(H,26,28). The molecular formula is C23H25BrN2O5. The molecule has 8 heteroatoms. The van der Waals surface area contributed by atoms with Crippen molar-refractivity contribution in [2.75, 3.05) is 26.9 Å². The summed E-state index contributed by atoms with van der Waals surface area (Å²) in [5.74, 6) is 0.0761. The van der Waals surface area contributed by atoms with E-state index in [1.54, 1.807) is 24.3 Å². The summed E-state index contributed by atoms with van der Waals surface area (Å²) in [7, 11) is 1.50. The third-order valence-corrected chi connectivity index (χ3v) is 5.62. The summed E-state index contributed by atoms with van der Waals surface area (Å²) in [5.41, 5.74) is 6.45. The highest BCUT2D eigenvalue weighted by Gasteiger charge is 2.35. The predicted molar refractivity (Wildman–Crippen MR) is 121 cm³/mol. The Labute approximate surface area is 189 Å². The number of hydrogen-bond acceptors (Lipinski definition) is 5. The molecule has 0 saturated carbocycles. The Morgan fingerprint density at radius 3 is 2.52 bits per heavy atom. The number of nitrogens with one attached hydrogen (secondary N) is 1. The number of nitrogens with two attached hydrogens (primary N) is 1. The lowest BCUT2D eigenvalue weighted by Crippen LogP contribution is -2.49. The summed E-state index contributed by atoms with van der Waals surface area (Å²) in [6.07, 6.45) is 4.60. The lowest BCUT2D eigenvalue weighted by atomic mass is 9.82. The molecule has 164 valence electrons. The van der Waals surface area contributed by atoms with E-state index in [-0.39, 0.29) is 12.5 Å². The van der Waals surface area contributed by atoms with E-state index in [4.69, 9.17) is 19.9 Å². The van der Waals surface area contributed by atoms with Crippen LogP contribution in [0.4, 0.5) is 0 Å². The fourth-order valence-corrected chi connectivity index (χ4v) is 3.74. The van der Waals surface area contributed by atoms with Crippen molar-refractivity contribution < 1.29 is 23.8 Å². The van der Waals surface area contributed by atoms with Crippen LogP contribution in [0.15, 0.2) is 53.0 Å². The number of carbonyl (C=O) groups excluding carboxylic acids is 2. The van der Waals surface area contributed by atoms with E-state index in [9.17, 15) is 9.59 Å². The Balaban J connectivity index is 1.73. The van der Waals surface area contributed by atoms with Crippen LogP contribution >= 0.6 is 15.9 Å². The number of primary amides is 1. The molecule has 1 fully saturated rings. The van der Waals surface area contributed by atoms with E-state index in [0.29, 0.717) is 37.6 Å². The van der Waals surface area contributed by atoms with Crippen molar-refractivity contribution in [3.05, 3.63) is 64.1 Å². The summed E-state index contributed by atoms with van der Waals surface area (Å²) in [4.78, 5) is 23.7. The molecule has 0 radical (unpaired) electrons. The number of hydrogen-bond donors (Lipinski definition) is 2. The molecule has 31 heavy (non-hydrogen) atoms. The molecule has 1 aliphatic heterocycles. The summed E-state index contributed by atoms with van der Waals surface area (Å²) >= 11 is 3.46. The van der Waals surface area contributed by atoms with Gasteiger partial charge in [-0.05, 0) is 54.3 Å². The van der Waals surface area contributed by atoms with Gasteiger partial charge in [0.25, 0.3) is 5.91 Å². The van der Waals surface area contributed by atoms with Crippen LogP contribution in [-0.4, -0.2) is 38.7 Å². The number of carbonyl (C=O) groups is 2. The van der Waals surface area contributed by atoms with Crippen molar-refractivity contribution in [1.29, 1.82) is 0 Å². The minimum atomic E-state index is -0.574. The van der Waals surface area contributed by atoms with Crippen molar-refractivity contribution >= 4 is 33.8 Å². The van der Waals surface area contributed by atoms with E-state index >= 15 is 0 Å². The van der Waals surface area contributed by atoms with Crippen LogP contribution in [0.5, 0.6) is 11.5 Å². The Kier molecular flexibility index (Phi) is 7.70. The number of methoxy groups -OCH3 is 1. The first-order valence-corrected chi connectivity index (χ1v) is 10.6. The van der Waals surface area contributed by atoms with Crippen molar-refractivity contribution in [3.63, 3.8) is 0 Å². The second-order valence-electron chi connectivity index (χ2n) is 7.19. The van der Waals surface area contributed by atoms with Gasteiger partial charge >= 0.3 is 0 Å². The average Bonchev–Trinajstić information content (AvgIpc) is 2.77. The van der Waals surface area contributed by atoms with Crippen molar-refractivity contribution in [3.8, 4) is 11.5 Å². The zero-order chi connectivity index (χ0) is 22.3. The van der Waals surface area contributed by atoms with Crippen molar-refractivity contribution in [1.82, 2.24) is 5.32 Å². The van der Waals surface area contributed by atoms with Gasteiger partial charge in [0.05, 0.1) is 12.6 Å². The van der Waals surface area contributed by atoms with Crippen molar-refractivity contribution in [2.24, 2.45) is 5.73 Å². The molecule has 0 unspecified atom stereocenters. The van der Waals surface area contributed by atoms with Crippen LogP contribution in [0.2, 0.25) is 0 Å². The fourth-order valence-electron chi connectivity index (χ4n) is 3.48. The highest BCUT2D eigenvalue weighted by molar-refractivity contribution is 9.10. The van der Waals surface area contributed by atoms with E-state index in [1.807, 2.05) is 24.3 Å². The fraction of sp³-hybridized carbons (Fsp3) is 0.304. The first kappa shape index (κ1) is 22.8. The highest BCUT2D eigenvalue weighted by atomic mass is 79.9. The largest absolute Gasteiger partial charge is 0.493 e. The van der Waals surface area contributed by atoms with Gasteiger partial charge in [-0.2, -0.15) is 0 Å². The van der Waals surface area contributed by atoms with Gasteiger partial charge in [-0.15, -0.1) is 0 Å². The Hall–Kier alpha value is -2.84. The van der Waals surface area contributed by atoms with Crippen LogP contribution in [0, 0.1) is 0 Å². The van der Waals surface area contributed by atoms with Crippen LogP contribution in [0.25, 0.3) is 6.08 Å². The van der Waals surface area contributed by atoms with Gasteiger partial charge in [0.15, 0.2) is 18.1 Å². The Morgan fingerprint density at radius 2 is 1.87 bits per heavy atom. The number of ether oxygens (including phenoxy) is 3. The lowest BCUT2D eigenvalue weighted by molar-refractivity contribution is -0.120. The maximum absolute atomic E-state index is 12.8. The quantitative estimate of drug-likeness (QED) is 0.555. The maximum Gasteiger partial charge on any atom is 0.255 e. The van der Waals surface area contributed by atoms with Gasteiger partial charge < -0.3 is 25.3 Å². The molecule has 1 heterocycles. The molecule has 7 nitrogen and oxygen atoms in total. The molecule has 2 aromatic carbocycles. The highest BCUT2D eigenvalue weighted by Crippen LogP contribution is 2.33. The molecule has 2 amide bonds. The zero-order valence-corrected chi connectivity index (χ0v) is 18.8. The minimum Gasteiger partial charge on any atom is -0.493 e. The van der Waals surface area contributed by atoms with Crippen LogP contribution < -0.4 is 20.5 Å². The van der Waals surface area contributed by atoms with Crippen LogP contribution in [0.3, 0.4) is 0 Å². The maximum atomic E-state index is 12.8. The minimum absolute atomic E-state index is 0.196. The molecular weight excluding hydrogens is 464 g/mol. The lowest BCUT2D eigenvalue weighted by Gasteiger charge is -2.38. The third kappa shape index (κ3) is 6.08. The molecule has 3 rings (SSSR count). The van der Waals surface area contributed by atoms with Crippen LogP contribution in [0.1, 0.15) is 24.0 Å². The molecule has 1 aliphatic rings. The second kappa shape index (κ2) is 10.5. The van der Waals surface area contributed by atoms with Gasteiger partial charge in [-0.3, -0.25) is 9.59 Å². The molecule has 2 aromatic rings. The van der Waals surface area contributed by atoms with Gasteiger partial charge in [0.1, 0.15) is 0 Å². The topological polar surface area (TPSA) is 99.9 Å². The van der Waals surface area contributed by atoms with E-state index < -0.39 is 11.4 Å². The molecule has 0 aliphatic carbocycles. The van der Waals surface area contributed by atoms with Gasteiger partial charge in [0.2, 0.25) is 5.91 Å². The predicted octanol–water partition coefficient (Wildman–Crippen LogP) is 3.16. The first-order valence-electron chi connectivity index (χ1n) is 9.85. The van der Waals surface area contributed by atoms with Gasteiger partial charge in [-0.25, -0.2) is 0 Å². The molecule has 0 bridgehead atoms. The molecule has 3 N–H and O–H groups in total. The summed E-state index contributed by atoms with van der Waals surface area (Å²) in [6, 6.07) is 13.2.